The van der Waals surface area contributed by atoms with Crippen LogP contribution in [0.5, 0.6) is 5.75 Å². The molecule has 0 aliphatic carbocycles. The third-order valence-corrected chi connectivity index (χ3v) is 3.33. The minimum absolute atomic E-state index is 0.211. The number of allylic oxidation sites excluding steroid dienone is 1. The molecule has 0 unspecified atom stereocenters. The van der Waals surface area contributed by atoms with Gasteiger partial charge < -0.3 is 5.11 Å². The van der Waals surface area contributed by atoms with Crippen LogP contribution in [0.1, 0.15) is 12.5 Å². The normalized spacial score (nSPS) is 20.3. The Balaban J connectivity index is 2.36. The Bertz CT molecular complexity index is 504. The third kappa shape index (κ3) is 0.899. The summed E-state index contributed by atoms with van der Waals surface area (Å²) in [4.78, 5) is 0. The van der Waals surface area contributed by atoms with E-state index in [0.717, 1.165) is 24.9 Å². The fraction of sp³-hybridized carbons (Fsp3) is 0.273. The van der Waals surface area contributed by atoms with Crippen molar-refractivity contribution in [2.45, 2.75) is 6.92 Å². The molecule has 15 heavy (non-hydrogen) atoms. The van der Waals surface area contributed by atoms with Gasteiger partial charge in [0.2, 0.25) is 0 Å². The summed E-state index contributed by atoms with van der Waals surface area (Å²) in [6.45, 7) is 3.50. The summed E-state index contributed by atoms with van der Waals surface area (Å²) in [5, 5.41) is 9.19. The van der Waals surface area contributed by atoms with E-state index in [-0.39, 0.29) is 5.56 Å². The van der Waals surface area contributed by atoms with Crippen LogP contribution in [0.3, 0.4) is 0 Å². The van der Waals surface area contributed by atoms with Gasteiger partial charge in [0.1, 0.15) is 18.8 Å². The van der Waals surface area contributed by atoms with Gasteiger partial charge >= 0.3 is 0 Å². The van der Waals surface area contributed by atoms with Crippen LogP contribution in [0.15, 0.2) is 11.8 Å². The maximum Gasteiger partial charge on any atom is 0.188 e. The van der Waals surface area contributed by atoms with Crippen molar-refractivity contribution >= 4 is 11.8 Å². The zero-order valence-electron chi connectivity index (χ0n) is 8.22. The molecule has 0 aromatic heterocycles. The number of aromatic hydroxyl groups is 1. The van der Waals surface area contributed by atoms with Gasteiger partial charge in [0.15, 0.2) is 23.1 Å². The molecule has 1 saturated heterocycles. The van der Waals surface area contributed by atoms with Gasteiger partial charge in [-0.15, -0.1) is 0 Å². The molecule has 0 saturated carbocycles. The van der Waals surface area contributed by atoms with E-state index < -0.39 is 17.4 Å². The van der Waals surface area contributed by atoms with Crippen molar-refractivity contribution in [2.75, 3.05) is 13.1 Å². The van der Waals surface area contributed by atoms with Gasteiger partial charge in [-0.05, 0) is 0 Å². The number of phenols is 1. The second kappa shape index (κ2) is 2.39. The lowest BCUT2D eigenvalue weighted by Crippen LogP contribution is -2.21. The Labute approximate surface area is 85.6 Å². The molecule has 1 aromatic carbocycles. The molecule has 1 N–H and O–H groups in total. The number of hydrogen-bond acceptors (Lipinski definition) is 1. The van der Waals surface area contributed by atoms with Crippen molar-refractivity contribution in [1.82, 2.24) is 4.48 Å². The smallest absolute Gasteiger partial charge is 0.188 e. The van der Waals surface area contributed by atoms with Crippen LogP contribution >= 0.6 is 0 Å². The number of benzene rings is 1. The lowest BCUT2D eigenvalue weighted by molar-refractivity contribution is 0.424. The van der Waals surface area contributed by atoms with Gasteiger partial charge in [-0.1, -0.05) is 0 Å². The Morgan fingerprint density at radius 1 is 1.33 bits per heavy atom. The van der Waals surface area contributed by atoms with Crippen LogP contribution in [-0.4, -0.2) is 18.2 Å². The van der Waals surface area contributed by atoms with Gasteiger partial charge in [0.25, 0.3) is 0 Å². The second-order valence-corrected chi connectivity index (χ2v) is 4.15. The number of fused-ring (bicyclic) bond motifs is 2. The molecule has 0 bridgehead atoms. The molecule has 1 aromatic rings. The number of hydrogen-bond donors (Lipinski definition) is 1. The molecule has 2 nitrogen and oxygen atoms in total. The predicted molar refractivity (Wildman–Crippen MR) is 53.2 cm³/mol. The zero-order valence-corrected chi connectivity index (χ0v) is 8.22. The van der Waals surface area contributed by atoms with E-state index >= 15 is 0 Å². The maximum absolute atomic E-state index is 13.7. The number of quaternary nitrogens is 1. The summed E-state index contributed by atoms with van der Waals surface area (Å²) >= 11 is 0. The first-order chi connectivity index (χ1) is 7.06. The quantitative estimate of drug-likeness (QED) is 0.515. The van der Waals surface area contributed by atoms with Gasteiger partial charge in [-0.2, -0.15) is 0 Å². The lowest BCUT2D eigenvalue weighted by Gasteiger charge is -2.14. The number of halogens is 2. The second-order valence-electron chi connectivity index (χ2n) is 4.15. The summed E-state index contributed by atoms with van der Waals surface area (Å²) in [5.41, 5.74) is 1.53. The lowest BCUT2D eigenvalue weighted by atomic mass is 10.1. The van der Waals surface area contributed by atoms with E-state index in [1.165, 1.54) is 0 Å². The highest BCUT2D eigenvalue weighted by Gasteiger charge is 2.54. The average molecular weight is 210 g/mol. The van der Waals surface area contributed by atoms with Crippen molar-refractivity contribution in [2.24, 2.45) is 0 Å². The number of phenolic OH excluding ortho intramolecular Hbond substituents is 1. The zero-order chi connectivity index (χ0) is 10.8. The molecule has 78 valence electrons. The summed E-state index contributed by atoms with van der Waals surface area (Å²) in [6.07, 6.45) is 1.63. The molecular weight excluding hydrogens is 200 g/mol. The average Bonchev–Trinajstić information content (AvgIpc) is 2.88. The van der Waals surface area contributed by atoms with E-state index in [0.29, 0.717) is 10.2 Å². The first-order valence-corrected chi connectivity index (χ1v) is 4.84. The van der Waals surface area contributed by atoms with Gasteiger partial charge in [-0.3, -0.25) is 4.48 Å². The van der Waals surface area contributed by atoms with Gasteiger partial charge in [0.05, 0.1) is 5.56 Å². The highest BCUT2D eigenvalue weighted by atomic mass is 19.1. The van der Waals surface area contributed by atoms with Crippen LogP contribution in [0.2, 0.25) is 0 Å². The minimum atomic E-state index is -0.715. The molecule has 3 rings (SSSR count). The van der Waals surface area contributed by atoms with Crippen LogP contribution < -0.4 is 4.48 Å². The molecule has 1 spiro atoms. The molecule has 4 heteroatoms. The Morgan fingerprint density at radius 2 is 2.00 bits per heavy atom. The van der Waals surface area contributed by atoms with E-state index in [1.807, 2.05) is 6.92 Å². The maximum atomic E-state index is 13.7. The standard InChI is InChI=1S/C11H9F2NO/c1-6-4-7-10(13)9(15)5-8(12)11(7)14(6)2-3-14/h4-5H,2-3H2,1H3/p+1. The van der Waals surface area contributed by atoms with Gasteiger partial charge in [-0.25, -0.2) is 8.78 Å². The van der Waals surface area contributed by atoms with Crippen molar-refractivity contribution < 1.29 is 13.9 Å². The topological polar surface area (TPSA) is 20.2 Å². The highest BCUT2D eigenvalue weighted by Crippen LogP contribution is 2.50. The molecule has 2 aliphatic rings. The Morgan fingerprint density at radius 3 is 2.60 bits per heavy atom. The van der Waals surface area contributed by atoms with Crippen molar-refractivity contribution in [3.8, 4) is 5.75 Å². The van der Waals surface area contributed by atoms with Crippen molar-refractivity contribution in [1.29, 1.82) is 0 Å². The summed E-state index contributed by atoms with van der Waals surface area (Å²) in [5.74, 6) is -1.85. The fourth-order valence-corrected chi connectivity index (χ4v) is 2.37. The summed E-state index contributed by atoms with van der Waals surface area (Å²) < 4.78 is 27.6. The molecule has 1 fully saturated rings. The minimum Gasteiger partial charge on any atom is -0.505 e. The van der Waals surface area contributed by atoms with Crippen LogP contribution in [-0.2, 0) is 0 Å². The fourth-order valence-electron chi connectivity index (χ4n) is 2.37. The van der Waals surface area contributed by atoms with Gasteiger partial charge in [0, 0.05) is 19.1 Å². The molecule has 0 radical (unpaired) electrons. The SMILES string of the molecule is CC1=Cc2c(F)c(O)cc(F)c2[N+]12CC2. The van der Waals surface area contributed by atoms with Crippen molar-refractivity contribution in [3.63, 3.8) is 0 Å². The van der Waals surface area contributed by atoms with Crippen LogP contribution in [0.4, 0.5) is 14.5 Å². The van der Waals surface area contributed by atoms with Crippen molar-refractivity contribution in [3.05, 3.63) is 29.0 Å². The Kier molecular flexibility index (Phi) is 1.41. The molecule has 2 heterocycles. The first-order valence-electron chi connectivity index (χ1n) is 4.84. The third-order valence-electron chi connectivity index (χ3n) is 3.33. The van der Waals surface area contributed by atoms with E-state index in [2.05, 4.69) is 0 Å². The largest absolute Gasteiger partial charge is 0.505 e. The van der Waals surface area contributed by atoms with Crippen LogP contribution in [0, 0.1) is 11.6 Å². The van der Waals surface area contributed by atoms with E-state index in [1.54, 1.807) is 6.08 Å². The molecule has 0 amide bonds. The predicted octanol–water partition coefficient (Wildman–Crippen LogP) is 2.37. The van der Waals surface area contributed by atoms with E-state index in [4.69, 9.17) is 0 Å². The van der Waals surface area contributed by atoms with Crippen LogP contribution in [0.25, 0.3) is 6.08 Å². The number of rotatable bonds is 0. The monoisotopic (exact) mass is 210 g/mol. The molecular formula is C11H10F2NO+. The number of nitrogens with zero attached hydrogens (tertiary/aromatic N) is 1. The first kappa shape index (κ1) is 8.85. The summed E-state index contributed by atoms with van der Waals surface area (Å²) in [6, 6.07) is 0.860. The van der Waals surface area contributed by atoms with E-state index in [9.17, 15) is 13.9 Å². The molecule has 0 atom stereocenters. The summed E-state index contributed by atoms with van der Waals surface area (Å²) in [7, 11) is 0. The Hall–Kier alpha value is -1.42. The molecule has 2 aliphatic heterocycles. The highest BCUT2D eigenvalue weighted by molar-refractivity contribution is 5.80.